The molecule has 90 valence electrons. The van der Waals surface area contributed by atoms with E-state index < -0.39 is 0 Å². The van der Waals surface area contributed by atoms with Crippen LogP contribution in [-0.2, 0) is 0 Å². The van der Waals surface area contributed by atoms with Crippen molar-refractivity contribution in [1.82, 2.24) is 10.2 Å². The second kappa shape index (κ2) is 5.86. The van der Waals surface area contributed by atoms with E-state index in [2.05, 4.69) is 44.8 Å². The van der Waals surface area contributed by atoms with Gasteiger partial charge in [-0.2, -0.15) is 0 Å². The highest BCUT2D eigenvalue weighted by Gasteiger charge is 2.28. The van der Waals surface area contributed by atoms with Crippen LogP contribution in [0, 0.1) is 5.92 Å². The van der Waals surface area contributed by atoms with Gasteiger partial charge in [-0.3, -0.25) is 4.90 Å². The SMILES string of the molecule is CCC1CN(C(C)C)C(CC(C)C)CN1. The van der Waals surface area contributed by atoms with Crippen molar-refractivity contribution in [3.63, 3.8) is 0 Å². The van der Waals surface area contributed by atoms with Crippen LogP contribution in [0.15, 0.2) is 0 Å². The Balaban J connectivity index is 2.55. The second-order valence-electron chi connectivity index (χ2n) is 5.59. The lowest BCUT2D eigenvalue weighted by Crippen LogP contribution is -2.58. The summed E-state index contributed by atoms with van der Waals surface area (Å²) in [6.45, 7) is 14.0. The summed E-state index contributed by atoms with van der Waals surface area (Å²) in [7, 11) is 0. The summed E-state index contributed by atoms with van der Waals surface area (Å²) in [5.41, 5.74) is 0. The van der Waals surface area contributed by atoms with Gasteiger partial charge in [0.2, 0.25) is 0 Å². The van der Waals surface area contributed by atoms with Gasteiger partial charge in [-0.15, -0.1) is 0 Å². The van der Waals surface area contributed by atoms with Crippen LogP contribution in [0.2, 0.25) is 0 Å². The Morgan fingerprint density at radius 1 is 1.27 bits per heavy atom. The molecule has 0 aromatic rings. The van der Waals surface area contributed by atoms with Gasteiger partial charge in [0, 0.05) is 31.2 Å². The molecule has 0 saturated carbocycles. The summed E-state index contributed by atoms with van der Waals surface area (Å²) in [6, 6.07) is 2.13. The van der Waals surface area contributed by atoms with E-state index in [0.717, 1.165) is 12.0 Å². The van der Waals surface area contributed by atoms with Gasteiger partial charge in [-0.25, -0.2) is 0 Å². The summed E-state index contributed by atoms with van der Waals surface area (Å²) < 4.78 is 0. The van der Waals surface area contributed by atoms with Gasteiger partial charge in [0.15, 0.2) is 0 Å². The van der Waals surface area contributed by atoms with Crippen molar-refractivity contribution in [2.45, 2.75) is 65.6 Å². The van der Waals surface area contributed by atoms with Gasteiger partial charge >= 0.3 is 0 Å². The molecule has 0 aromatic heterocycles. The minimum absolute atomic E-state index is 0.685. The van der Waals surface area contributed by atoms with Crippen LogP contribution in [-0.4, -0.2) is 36.1 Å². The Morgan fingerprint density at radius 3 is 2.40 bits per heavy atom. The Morgan fingerprint density at radius 2 is 1.93 bits per heavy atom. The van der Waals surface area contributed by atoms with Crippen molar-refractivity contribution in [3.8, 4) is 0 Å². The van der Waals surface area contributed by atoms with Crippen molar-refractivity contribution in [2.24, 2.45) is 5.92 Å². The van der Waals surface area contributed by atoms with Crippen molar-refractivity contribution < 1.29 is 0 Å². The van der Waals surface area contributed by atoms with E-state index in [1.54, 1.807) is 0 Å². The predicted octanol–water partition coefficient (Wildman–Crippen LogP) is 2.49. The van der Waals surface area contributed by atoms with Gasteiger partial charge in [0.25, 0.3) is 0 Å². The van der Waals surface area contributed by atoms with Crippen molar-refractivity contribution in [3.05, 3.63) is 0 Å². The molecule has 1 rings (SSSR count). The van der Waals surface area contributed by atoms with E-state index in [9.17, 15) is 0 Å². The minimum Gasteiger partial charge on any atom is -0.311 e. The van der Waals surface area contributed by atoms with Gasteiger partial charge in [-0.1, -0.05) is 20.8 Å². The number of hydrogen-bond donors (Lipinski definition) is 1. The van der Waals surface area contributed by atoms with Gasteiger partial charge in [0.05, 0.1) is 0 Å². The van der Waals surface area contributed by atoms with E-state index in [0.29, 0.717) is 12.1 Å². The average molecular weight is 212 g/mol. The highest BCUT2D eigenvalue weighted by Crippen LogP contribution is 2.18. The van der Waals surface area contributed by atoms with Gasteiger partial charge < -0.3 is 5.32 Å². The Kier molecular flexibility index (Phi) is 5.07. The summed E-state index contributed by atoms with van der Waals surface area (Å²) in [5, 5.41) is 3.67. The molecule has 0 amide bonds. The normalized spacial score (nSPS) is 29.0. The minimum atomic E-state index is 0.685. The topological polar surface area (TPSA) is 15.3 Å². The van der Waals surface area contributed by atoms with Crippen molar-refractivity contribution in [2.75, 3.05) is 13.1 Å². The first kappa shape index (κ1) is 13.0. The second-order valence-corrected chi connectivity index (χ2v) is 5.59. The number of nitrogens with zero attached hydrogens (tertiary/aromatic N) is 1. The zero-order valence-corrected chi connectivity index (χ0v) is 11.1. The maximum absolute atomic E-state index is 3.67. The molecule has 1 fully saturated rings. The third-order valence-electron chi connectivity index (χ3n) is 3.44. The molecule has 2 atom stereocenters. The zero-order valence-electron chi connectivity index (χ0n) is 11.1. The van der Waals surface area contributed by atoms with E-state index in [1.807, 2.05) is 0 Å². The highest BCUT2D eigenvalue weighted by molar-refractivity contribution is 4.87. The van der Waals surface area contributed by atoms with Crippen molar-refractivity contribution in [1.29, 1.82) is 0 Å². The molecule has 0 aliphatic carbocycles. The number of hydrogen-bond acceptors (Lipinski definition) is 2. The molecule has 1 N–H and O–H groups in total. The van der Waals surface area contributed by atoms with Crippen LogP contribution in [0.3, 0.4) is 0 Å². The first-order valence-corrected chi connectivity index (χ1v) is 6.53. The largest absolute Gasteiger partial charge is 0.311 e. The number of piperazine rings is 1. The highest BCUT2D eigenvalue weighted by atomic mass is 15.2. The van der Waals surface area contributed by atoms with Crippen LogP contribution in [0.25, 0.3) is 0 Å². The fourth-order valence-electron chi connectivity index (χ4n) is 2.56. The molecule has 1 saturated heterocycles. The molecule has 2 unspecified atom stereocenters. The predicted molar refractivity (Wildman–Crippen MR) is 67.2 cm³/mol. The molecule has 2 heteroatoms. The summed E-state index contributed by atoms with van der Waals surface area (Å²) in [5.74, 6) is 0.802. The zero-order chi connectivity index (χ0) is 11.4. The van der Waals surface area contributed by atoms with Crippen LogP contribution >= 0.6 is 0 Å². The molecule has 1 aliphatic rings. The lowest BCUT2D eigenvalue weighted by molar-refractivity contribution is 0.0824. The number of nitrogens with one attached hydrogen (secondary N) is 1. The maximum atomic E-state index is 3.67. The molecule has 0 radical (unpaired) electrons. The Hall–Kier alpha value is -0.0800. The van der Waals surface area contributed by atoms with Gasteiger partial charge in [-0.05, 0) is 32.6 Å². The lowest BCUT2D eigenvalue weighted by Gasteiger charge is -2.43. The van der Waals surface area contributed by atoms with Gasteiger partial charge in [0.1, 0.15) is 0 Å². The fraction of sp³-hybridized carbons (Fsp3) is 1.00. The molecule has 0 bridgehead atoms. The van der Waals surface area contributed by atoms with Crippen LogP contribution in [0.4, 0.5) is 0 Å². The fourth-order valence-corrected chi connectivity index (χ4v) is 2.56. The van der Waals surface area contributed by atoms with E-state index >= 15 is 0 Å². The molecule has 1 aliphatic heterocycles. The first-order chi connectivity index (χ1) is 7.04. The molecule has 2 nitrogen and oxygen atoms in total. The smallest absolute Gasteiger partial charge is 0.0226 e. The third-order valence-corrected chi connectivity index (χ3v) is 3.44. The van der Waals surface area contributed by atoms with E-state index in [4.69, 9.17) is 0 Å². The summed E-state index contributed by atoms with van der Waals surface area (Å²) in [4.78, 5) is 2.69. The molecule has 1 heterocycles. The first-order valence-electron chi connectivity index (χ1n) is 6.53. The third kappa shape index (κ3) is 3.76. The lowest BCUT2D eigenvalue weighted by atomic mass is 9.97. The molecular formula is C13H28N2. The molecule has 0 aromatic carbocycles. The summed E-state index contributed by atoms with van der Waals surface area (Å²) >= 11 is 0. The monoisotopic (exact) mass is 212 g/mol. The van der Waals surface area contributed by atoms with Crippen molar-refractivity contribution >= 4 is 0 Å². The Bertz CT molecular complexity index is 177. The maximum Gasteiger partial charge on any atom is 0.0226 e. The number of rotatable bonds is 4. The molecular weight excluding hydrogens is 184 g/mol. The van der Waals surface area contributed by atoms with Crippen LogP contribution in [0.1, 0.15) is 47.5 Å². The van der Waals surface area contributed by atoms with E-state index in [-0.39, 0.29) is 0 Å². The van der Waals surface area contributed by atoms with E-state index in [1.165, 1.54) is 25.9 Å². The van der Waals surface area contributed by atoms with Crippen LogP contribution < -0.4 is 5.32 Å². The summed E-state index contributed by atoms with van der Waals surface area (Å²) in [6.07, 6.45) is 2.57. The average Bonchev–Trinajstić information content (AvgIpc) is 2.17. The van der Waals surface area contributed by atoms with Crippen LogP contribution in [0.5, 0.6) is 0 Å². The molecule has 0 spiro atoms. The quantitative estimate of drug-likeness (QED) is 0.770. The molecule has 15 heavy (non-hydrogen) atoms. The Labute approximate surface area is 95.4 Å². The standard InChI is InChI=1S/C13H28N2/c1-6-12-9-15(11(4)5)13(8-14-12)7-10(2)3/h10-14H,6-9H2,1-5H3.